The van der Waals surface area contributed by atoms with Crippen LogP contribution in [0.1, 0.15) is 16.7 Å². The molecule has 5 heteroatoms. The van der Waals surface area contributed by atoms with Crippen molar-refractivity contribution in [3.63, 3.8) is 0 Å². The van der Waals surface area contributed by atoms with Crippen LogP contribution in [0.15, 0.2) is 91.0 Å². The summed E-state index contributed by atoms with van der Waals surface area (Å²) in [5.74, 6) is -0.272. The number of rotatable bonds is 7. The van der Waals surface area contributed by atoms with Crippen molar-refractivity contribution in [1.82, 2.24) is 5.06 Å². The van der Waals surface area contributed by atoms with Gasteiger partial charge in [0.05, 0.1) is 0 Å². The van der Waals surface area contributed by atoms with Crippen LogP contribution < -0.4 is 0 Å². The highest BCUT2D eigenvalue weighted by molar-refractivity contribution is 7.80. The summed E-state index contributed by atoms with van der Waals surface area (Å²) in [6.07, 6.45) is 0.819. The summed E-state index contributed by atoms with van der Waals surface area (Å²) in [5.41, 5.74) is 1.83. The van der Waals surface area contributed by atoms with Gasteiger partial charge in [0.25, 0.3) is 11.1 Å². The van der Waals surface area contributed by atoms with Gasteiger partial charge in [-0.2, -0.15) is 0 Å². The molecule has 0 radical (unpaired) electrons. The normalized spacial score (nSPS) is 15.4. The SMILES string of the molecule is O=C1N(OCc2ccccc2)C(=S)OC1(Cc1ccccc1)Cc1ccccc1. The molecule has 0 saturated carbocycles. The molecule has 146 valence electrons. The lowest BCUT2D eigenvalue weighted by Gasteiger charge is -2.25. The molecule has 0 bridgehead atoms. The molecule has 0 aliphatic carbocycles. The minimum Gasteiger partial charge on any atom is -0.452 e. The fourth-order valence-electron chi connectivity index (χ4n) is 3.48. The van der Waals surface area contributed by atoms with E-state index in [-0.39, 0.29) is 17.7 Å². The van der Waals surface area contributed by atoms with Crippen LogP contribution in [-0.4, -0.2) is 21.7 Å². The summed E-state index contributed by atoms with van der Waals surface area (Å²) >= 11 is 5.37. The summed E-state index contributed by atoms with van der Waals surface area (Å²) in [6, 6.07) is 29.3. The molecule has 0 spiro atoms. The minimum atomic E-state index is -1.13. The number of hydrogen-bond acceptors (Lipinski definition) is 4. The lowest BCUT2D eigenvalue weighted by Crippen LogP contribution is -2.44. The Labute approximate surface area is 175 Å². The molecule has 1 aliphatic heterocycles. The second-order valence-corrected chi connectivity index (χ2v) is 7.39. The molecule has 1 fully saturated rings. The van der Waals surface area contributed by atoms with E-state index in [0.29, 0.717) is 12.8 Å². The van der Waals surface area contributed by atoms with Gasteiger partial charge in [-0.25, -0.2) is 0 Å². The third-order valence-corrected chi connectivity index (χ3v) is 5.14. The number of nitrogens with zero attached hydrogens (tertiary/aromatic N) is 1. The molecule has 1 heterocycles. The monoisotopic (exact) mass is 403 g/mol. The fraction of sp³-hybridized carbons (Fsp3) is 0.167. The van der Waals surface area contributed by atoms with E-state index in [1.54, 1.807) is 0 Å². The molecule has 0 aromatic heterocycles. The molecule has 29 heavy (non-hydrogen) atoms. The standard InChI is InChI=1S/C24H21NO3S/c26-22-24(16-19-10-4-1-5-11-19,17-20-12-6-2-7-13-20)28-23(29)25(22)27-18-21-14-8-3-9-15-21/h1-15H,16-18H2. The summed E-state index contributed by atoms with van der Waals surface area (Å²) in [5, 5.41) is 1.19. The van der Waals surface area contributed by atoms with Crippen LogP contribution >= 0.6 is 12.2 Å². The van der Waals surface area contributed by atoms with Crippen molar-refractivity contribution in [3.8, 4) is 0 Å². The zero-order chi connectivity index (χ0) is 20.1. The molecule has 3 aromatic carbocycles. The smallest absolute Gasteiger partial charge is 0.299 e. The van der Waals surface area contributed by atoms with Crippen LogP contribution in [0.2, 0.25) is 0 Å². The van der Waals surface area contributed by atoms with Gasteiger partial charge in [0.2, 0.25) is 5.60 Å². The topological polar surface area (TPSA) is 38.8 Å². The molecule has 3 aromatic rings. The van der Waals surface area contributed by atoms with Crippen molar-refractivity contribution < 1.29 is 14.4 Å². The van der Waals surface area contributed by atoms with Crippen LogP contribution in [0.4, 0.5) is 0 Å². The Bertz CT molecular complexity index is 935. The number of amides is 1. The zero-order valence-corrected chi connectivity index (χ0v) is 16.7. The van der Waals surface area contributed by atoms with E-state index in [1.165, 1.54) is 0 Å². The van der Waals surface area contributed by atoms with E-state index in [0.717, 1.165) is 21.8 Å². The summed E-state index contributed by atoms with van der Waals surface area (Å²) in [4.78, 5) is 19.2. The van der Waals surface area contributed by atoms with Gasteiger partial charge >= 0.3 is 0 Å². The number of carbonyl (C=O) groups is 1. The average Bonchev–Trinajstić information content (AvgIpc) is 2.97. The molecular weight excluding hydrogens is 382 g/mol. The molecule has 0 N–H and O–H groups in total. The molecule has 4 nitrogen and oxygen atoms in total. The summed E-state index contributed by atoms with van der Waals surface area (Å²) < 4.78 is 6.05. The van der Waals surface area contributed by atoms with Gasteiger partial charge in [0.15, 0.2) is 0 Å². The van der Waals surface area contributed by atoms with Crippen molar-refractivity contribution in [1.29, 1.82) is 0 Å². The van der Waals surface area contributed by atoms with Crippen molar-refractivity contribution >= 4 is 23.3 Å². The van der Waals surface area contributed by atoms with Gasteiger partial charge < -0.3 is 4.74 Å². The van der Waals surface area contributed by atoms with Gasteiger partial charge in [-0.1, -0.05) is 91.0 Å². The molecule has 0 atom stereocenters. The van der Waals surface area contributed by atoms with Crippen LogP contribution in [0.3, 0.4) is 0 Å². The second-order valence-electron chi connectivity index (χ2n) is 7.05. The van der Waals surface area contributed by atoms with E-state index in [4.69, 9.17) is 21.8 Å². The fourth-order valence-corrected chi connectivity index (χ4v) is 3.78. The van der Waals surface area contributed by atoms with Crippen LogP contribution in [0, 0.1) is 0 Å². The number of hydroxylamine groups is 2. The van der Waals surface area contributed by atoms with Gasteiger partial charge in [0.1, 0.15) is 6.61 Å². The summed E-state index contributed by atoms with van der Waals surface area (Å²) in [7, 11) is 0. The number of hydrogen-bond donors (Lipinski definition) is 0. The quantitative estimate of drug-likeness (QED) is 0.545. The van der Waals surface area contributed by atoms with Crippen molar-refractivity contribution in [2.75, 3.05) is 0 Å². The Hall–Kier alpha value is -3.02. The molecular formula is C24H21NO3S. The minimum absolute atomic E-state index is 0.0535. The highest BCUT2D eigenvalue weighted by Crippen LogP contribution is 2.33. The third-order valence-electron chi connectivity index (χ3n) is 4.89. The third kappa shape index (κ3) is 4.36. The van der Waals surface area contributed by atoms with Gasteiger partial charge in [-0.15, -0.1) is 5.06 Å². The molecule has 1 aliphatic rings. The molecule has 0 unspecified atom stereocenters. The van der Waals surface area contributed by atoms with E-state index in [1.807, 2.05) is 91.0 Å². The molecule has 4 rings (SSSR count). The first-order valence-electron chi connectivity index (χ1n) is 9.48. The largest absolute Gasteiger partial charge is 0.452 e. The summed E-state index contributed by atoms with van der Waals surface area (Å²) in [6.45, 7) is 0.239. The number of carbonyl (C=O) groups excluding carboxylic acids is 1. The number of ether oxygens (including phenoxy) is 1. The van der Waals surface area contributed by atoms with Gasteiger partial charge in [0, 0.05) is 12.8 Å². The van der Waals surface area contributed by atoms with Gasteiger partial charge in [-0.3, -0.25) is 9.63 Å². The predicted molar refractivity (Wildman–Crippen MR) is 115 cm³/mol. The highest BCUT2D eigenvalue weighted by atomic mass is 32.1. The highest BCUT2D eigenvalue weighted by Gasteiger charge is 2.53. The first-order valence-corrected chi connectivity index (χ1v) is 9.89. The van der Waals surface area contributed by atoms with Crippen LogP contribution in [-0.2, 0) is 33.8 Å². The van der Waals surface area contributed by atoms with Crippen molar-refractivity contribution in [3.05, 3.63) is 108 Å². The van der Waals surface area contributed by atoms with E-state index < -0.39 is 5.60 Å². The van der Waals surface area contributed by atoms with Crippen molar-refractivity contribution in [2.24, 2.45) is 0 Å². The first kappa shape index (κ1) is 19.3. The maximum atomic E-state index is 13.5. The Kier molecular flexibility index (Phi) is 5.69. The first-order chi connectivity index (χ1) is 14.2. The maximum Gasteiger partial charge on any atom is 0.299 e. The molecule has 1 saturated heterocycles. The Morgan fingerprint density at radius 3 is 1.69 bits per heavy atom. The van der Waals surface area contributed by atoms with E-state index in [9.17, 15) is 4.79 Å². The average molecular weight is 404 g/mol. The van der Waals surface area contributed by atoms with E-state index in [2.05, 4.69) is 0 Å². The zero-order valence-electron chi connectivity index (χ0n) is 15.9. The van der Waals surface area contributed by atoms with Crippen molar-refractivity contribution in [2.45, 2.75) is 25.0 Å². The number of benzene rings is 3. The second kappa shape index (κ2) is 8.55. The lowest BCUT2D eigenvalue weighted by molar-refractivity contribution is -0.168. The van der Waals surface area contributed by atoms with Crippen LogP contribution in [0.5, 0.6) is 0 Å². The Morgan fingerprint density at radius 2 is 1.21 bits per heavy atom. The Morgan fingerprint density at radius 1 is 0.759 bits per heavy atom. The number of thiocarbonyl (C=S) groups is 1. The van der Waals surface area contributed by atoms with Gasteiger partial charge in [-0.05, 0) is 28.9 Å². The maximum absolute atomic E-state index is 13.5. The lowest BCUT2D eigenvalue weighted by atomic mass is 9.87. The van der Waals surface area contributed by atoms with Crippen LogP contribution in [0.25, 0.3) is 0 Å². The molecule has 1 amide bonds. The van der Waals surface area contributed by atoms with E-state index >= 15 is 0 Å². The predicted octanol–water partition coefficient (Wildman–Crippen LogP) is 4.49. The Balaban J connectivity index is 1.59.